The Kier molecular flexibility index (Phi) is 4.28. The number of nitrogens with two attached hydrogens (primary N) is 1. The molecule has 1 fully saturated rings. The van der Waals surface area contributed by atoms with E-state index in [1.807, 2.05) is 18.2 Å². The smallest absolute Gasteiger partial charge is 0.122 e. The fourth-order valence-electron chi connectivity index (χ4n) is 2.74. The highest BCUT2D eigenvalue weighted by atomic mass is 79.9. The highest BCUT2D eigenvalue weighted by Gasteiger charge is 2.36. The van der Waals surface area contributed by atoms with Crippen molar-refractivity contribution in [2.75, 3.05) is 7.11 Å². The second kappa shape index (κ2) is 5.57. The number of halogens is 2. The summed E-state index contributed by atoms with van der Waals surface area (Å²) < 4.78 is 21.0. The van der Waals surface area contributed by atoms with Crippen LogP contribution in [-0.2, 0) is 6.42 Å². The van der Waals surface area contributed by atoms with E-state index in [0.717, 1.165) is 28.6 Å². The predicted octanol–water partition coefficient (Wildman–Crippen LogP) is 3.61. The zero-order valence-corrected chi connectivity index (χ0v) is 12.2. The van der Waals surface area contributed by atoms with Crippen LogP contribution in [-0.4, -0.2) is 18.8 Å². The maximum Gasteiger partial charge on any atom is 0.122 e. The van der Waals surface area contributed by atoms with Gasteiger partial charge in [0.05, 0.1) is 7.11 Å². The van der Waals surface area contributed by atoms with Crippen molar-refractivity contribution in [2.45, 2.75) is 43.8 Å². The van der Waals surface area contributed by atoms with Crippen LogP contribution in [0.3, 0.4) is 0 Å². The average molecular weight is 316 g/mol. The molecule has 0 radical (unpaired) electrons. The molecule has 2 nitrogen and oxygen atoms in total. The predicted molar refractivity (Wildman–Crippen MR) is 74.7 cm³/mol. The SMILES string of the molecule is COc1ccc(Br)cc1CC1(F)CCCC(N)C1. The van der Waals surface area contributed by atoms with Gasteiger partial charge in [0, 0.05) is 16.9 Å². The minimum absolute atomic E-state index is 0.0121. The van der Waals surface area contributed by atoms with Crippen molar-refractivity contribution in [1.29, 1.82) is 0 Å². The molecule has 2 unspecified atom stereocenters. The number of hydrogen-bond donors (Lipinski definition) is 1. The molecule has 1 aliphatic rings. The number of alkyl halides is 1. The fraction of sp³-hybridized carbons (Fsp3) is 0.571. The molecule has 1 aliphatic carbocycles. The molecule has 1 saturated carbocycles. The molecule has 0 amide bonds. The maximum atomic E-state index is 14.8. The van der Waals surface area contributed by atoms with E-state index in [1.165, 1.54) is 0 Å². The quantitative estimate of drug-likeness (QED) is 0.924. The average Bonchev–Trinajstić information content (AvgIpc) is 2.28. The van der Waals surface area contributed by atoms with Crippen LogP contribution in [0.5, 0.6) is 5.75 Å². The summed E-state index contributed by atoms with van der Waals surface area (Å²) in [6.45, 7) is 0. The van der Waals surface area contributed by atoms with Crippen molar-refractivity contribution in [1.82, 2.24) is 0 Å². The summed E-state index contributed by atoms with van der Waals surface area (Å²) >= 11 is 3.42. The number of methoxy groups -OCH3 is 1. The molecule has 0 spiro atoms. The van der Waals surface area contributed by atoms with Crippen molar-refractivity contribution in [3.05, 3.63) is 28.2 Å². The van der Waals surface area contributed by atoms with Crippen LogP contribution in [0.25, 0.3) is 0 Å². The van der Waals surface area contributed by atoms with Crippen LogP contribution in [0, 0.1) is 0 Å². The molecule has 1 aromatic rings. The first-order valence-corrected chi connectivity index (χ1v) is 7.09. The van der Waals surface area contributed by atoms with Gasteiger partial charge < -0.3 is 10.5 Å². The molecule has 0 aromatic heterocycles. The normalized spacial score (nSPS) is 28.1. The van der Waals surface area contributed by atoms with E-state index in [-0.39, 0.29) is 6.04 Å². The van der Waals surface area contributed by atoms with Gasteiger partial charge in [-0.3, -0.25) is 0 Å². The van der Waals surface area contributed by atoms with Crippen LogP contribution in [0.1, 0.15) is 31.2 Å². The van der Waals surface area contributed by atoms with Crippen molar-refractivity contribution in [3.8, 4) is 5.75 Å². The summed E-state index contributed by atoms with van der Waals surface area (Å²) in [7, 11) is 1.62. The minimum atomic E-state index is -1.19. The number of ether oxygens (including phenoxy) is 1. The molecule has 2 rings (SSSR count). The molecule has 0 bridgehead atoms. The van der Waals surface area contributed by atoms with Crippen LogP contribution in [0.2, 0.25) is 0 Å². The van der Waals surface area contributed by atoms with Crippen LogP contribution < -0.4 is 10.5 Å². The number of rotatable bonds is 3. The van der Waals surface area contributed by atoms with Crippen molar-refractivity contribution in [2.24, 2.45) is 5.73 Å². The lowest BCUT2D eigenvalue weighted by Gasteiger charge is -2.33. The Morgan fingerprint density at radius 2 is 2.33 bits per heavy atom. The molecular weight excluding hydrogens is 297 g/mol. The van der Waals surface area contributed by atoms with Crippen LogP contribution in [0.15, 0.2) is 22.7 Å². The Morgan fingerprint density at radius 1 is 1.56 bits per heavy atom. The summed E-state index contributed by atoms with van der Waals surface area (Å²) in [5, 5.41) is 0. The van der Waals surface area contributed by atoms with Crippen molar-refractivity contribution >= 4 is 15.9 Å². The number of hydrogen-bond acceptors (Lipinski definition) is 2. The third-order valence-electron chi connectivity index (χ3n) is 3.58. The molecule has 0 heterocycles. The third-order valence-corrected chi connectivity index (χ3v) is 4.07. The van der Waals surface area contributed by atoms with Gasteiger partial charge >= 0.3 is 0 Å². The van der Waals surface area contributed by atoms with Gasteiger partial charge in [-0.2, -0.15) is 0 Å². The van der Waals surface area contributed by atoms with E-state index in [9.17, 15) is 4.39 Å². The largest absolute Gasteiger partial charge is 0.496 e. The second-order valence-corrected chi connectivity index (χ2v) is 6.06. The first kappa shape index (κ1) is 13.8. The van der Waals surface area contributed by atoms with Gasteiger partial charge in [-0.15, -0.1) is 0 Å². The Balaban J connectivity index is 2.19. The molecular formula is C14H19BrFNO. The van der Waals surface area contributed by atoms with Crippen LogP contribution >= 0.6 is 15.9 Å². The molecule has 4 heteroatoms. The first-order chi connectivity index (χ1) is 8.52. The van der Waals surface area contributed by atoms with Gasteiger partial charge in [-0.25, -0.2) is 4.39 Å². The van der Waals surface area contributed by atoms with E-state index in [2.05, 4.69) is 15.9 Å². The Labute approximate surface area is 116 Å². The van der Waals surface area contributed by atoms with Gasteiger partial charge in [0.15, 0.2) is 0 Å². The molecule has 0 aliphatic heterocycles. The summed E-state index contributed by atoms with van der Waals surface area (Å²) in [6.07, 6.45) is 3.22. The van der Waals surface area contributed by atoms with E-state index >= 15 is 0 Å². The fourth-order valence-corrected chi connectivity index (χ4v) is 3.15. The molecule has 0 saturated heterocycles. The summed E-state index contributed by atoms with van der Waals surface area (Å²) in [5.41, 5.74) is 5.60. The van der Waals surface area contributed by atoms with Gasteiger partial charge in [-0.05, 0) is 49.4 Å². The zero-order chi connectivity index (χ0) is 13.2. The lowest BCUT2D eigenvalue weighted by Crippen LogP contribution is -2.39. The molecule has 18 heavy (non-hydrogen) atoms. The zero-order valence-electron chi connectivity index (χ0n) is 10.6. The standard InChI is InChI=1S/C14H19BrFNO/c1-18-13-5-4-11(15)7-10(13)8-14(16)6-2-3-12(17)9-14/h4-5,7,12H,2-3,6,8-9,17H2,1H3. The monoisotopic (exact) mass is 315 g/mol. The first-order valence-electron chi connectivity index (χ1n) is 6.29. The van der Waals surface area contributed by atoms with E-state index in [1.54, 1.807) is 7.11 Å². The molecule has 2 N–H and O–H groups in total. The van der Waals surface area contributed by atoms with Gasteiger partial charge in [0.1, 0.15) is 11.4 Å². The van der Waals surface area contributed by atoms with E-state index in [0.29, 0.717) is 19.3 Å². The van der Waals surface area contributed by atoms with Crippen molar-refractivity contribution in [3.63, 3.8) is 0 Å². The topological polar surface area (TPSA) is 35.2 Å². The Bertz CT molecular complexity index is 426. The van der Waals surface area contributed by atoms with Gasteiger partial charge in [-0.1, -0.05) is 15.9 Å². The summed E-state index contributed by atoms with van der Waals surface area (Å²) in [5.74, 6) is 0.745. The maximum absolute atomic E-state index is 14.8. The lowest BCUT2D eigenvalue weighted by molar-refractivity contribution is 0.0957. The minimum Gasteiger partial charge on any atom is -0.496 e. The highest BCUT2D eigenvalue weighted by Crippen LogP contribution is 2.37. The van der Waals surface area contributed by atoms with Crippen LogP contribution in [0.4, 0.5) is 4.39 Å². The summed E-state index contributed by atoms with van der Waals surface area (Å²) in [4.78, 5) is 0. The second-order valence-electron chi connectivity index (χ2n) is 5.14. The molecule has 100 valence electrons. The van der Waals surface area contributed by atoms with Crippen molar-refractivity contribution < 1.29 is 9.13 Å². The number of benzene rings is 1. The summed E-state index contributed by atoms with van der Waals surface area (Å²) in [6, 6.07) is 5.69. The Hall–Kier alpha value is -0.610. The molecule has 1 aromatic carbocycles. The van der Waals surface area contributed by atoms with Gasteiger partial charge in [0.2, 0.25) is 0 Å². The Morgan fingerprint density at radius 3 is 3.00 bits per heavy atom. The highest BCUT2D eigenvalue weighted by molar-refractivity contribution is 9.10. The molecule has 2 atom stereocenters. The lowest BCUT2D eigenvalue weighted by atomic mass is 9.79. The van der Waals surface area contributed by atoms with E-state index in [4.69, 9.17) is 10.5 Å². The van der Waals surface area contributed by atoms with E-state index < -0.39 is 5.67 Å². The third kappa shape index (κ3) is 3.23. The van der Waals surface area contributed by atoms with Gasteiger partial charge in [0.25, 0.3) is 0 Å².